The number of rotatable bonds is 4. The Balaban J connectivity index is 1.49. The molecule has 1 aromatic heterocycles. The normalized spacial score (nSPS) is 14.7. The average Bonchev–Trinajstić information content (AvgIpc) is 2.69. The first-order chi connectivity index (χ1) is 12.6. The van der Waals surface area contributed by atoms with E-state index in [9.17, 15) is 9.59 Å². The van der Waals surface area contributed by atoms with Gasteiger partial charge in [-0.3, -0.25) is 14.6 Å². The molecule has 26 heavy (non-hydrogen) atoms. The first kappa shape index (κ1) is 17.9. The molecular weight excluding hydrogens is 326 g/mol. The van der Waals surface area contributed by atoms with E-state index in [1.165, 1.54) is 5.56 Å². The number of carbonyl (C=O) groups is 2. The molecule has 5 heteroatoms. The second-order valence-electron chi connectivity index (χ2n) is 6.46. The van der Waals surface area contributed by atoms with E-state index >= 15 is 0 Å². The largest absolute Gasteiger partial charge is 0.339 e. The quantitative estimate of drug-likeness (QED) is 0.796. The lowest BCUT2D eigenvalue weighted by molar-refractivity contribution is -0.136. The molecule has 1 aliphatic rings. The van der Waals surface area contributed by atoms with E-state index in [0.717, 1.165) is 11.3 Å². The van der Waals surface area contributed by atoms with Gasteiger partial charge >= 0.3 is 0 Å². The van der Waals surface area contributed by atoms with Crippen LogP contribution < -0.4 is 0 Å². The highest BCUT2D eigenvalue weighted by Gasteiger charge is 2.23. The van der Waals surface area contributed by atoms with Crippen molar-refractivity contribution in [3.05, 3.63) is 71.6 Å². The second kappa shape index (κ2) is 8.43. The van der Waals surface area contributed by atoms with Gasteiger partial charge in [-0.15, -0.1) is 0 Å². The SMILES string of the molecule is Cc1ccc(CC(=O)N2CCN(C(=O)/C=C\c3ccccn3)CC2)cc1. The molecule has 0 spiro atoms. The Hall–Kier alpha value is -2.95. The van der Waals surface area contributed by atoms with E-state index in [-0.39, 0.29) is 11.8 Å². The summed E-state index contributed by atoms with van der Waals surface area (Å²) >= 11 is 0. The van der Waals surface area contributed by atoms with Gasteiger partial charge in [-0.1, -0.05) is 35.9 Å². The molecule has 2 heterocycles. The van der Waals surface area contributed by atoms with E-state index in [1.807, 2.05) is 54.3 Å². The van der Waals surface area contributed by atoms with E-state index in [4.69, 9.17) is 0 Å². The molecule has 0 unspecified atom stereocenters. The number of nitrogens with zero attached hydrogens (tertiary/aromatic N) is 3. The van der Waals surface area contributed by atoms with Gasteiger partial charge in [0.25, 0.3) is 0 Å². The van der Waals surface area contributed by atoms with Crippen LogP contribution >= 0.6 is 0 Å². The molecule has 1 saturated heterocycles. The van der Waals surface area contributed by atoms with Crippen molar-refractivity contribution in [2.45, 2.75) is 13.3 Å². The van der Waals surface area contributed by atoms with Gasteiger partial charge in [-0.25, -0.2) is 0 Å². The molecular formula is C21H23N3O2. The number of pyridine rings is 1. The van der Waals surface area contributed by atoms with Gasteiger partial charge in [0.1, 0.15) is 0 Å². The summed E-state index contributed by atoms with van der Waals surface area (Å²) in [5, 5.41) is 0. The lowest BCUT2D eigenvalue weighted by atomic mass is 10.1. The van der Waals surface area contributed by atoms with E-state index in [1.54, 1.807) is 23.2 Å². The summed E-state index contributed by atoms with van der Waals surface area (Å²) in [6, 6.07) is 13.6. The van der Waals surface area contributed by atoms with Crippen molar-refractivity contribution < 1.29 is 9.59 Å². The van der Waals surface area contributed by atoms with Gasteiger partial charge < -0.3 is 9.80 Å². The highest BCUT2D eigenvalue weighted by atomic mass is 16.2. The number of amides is 2. The van der Waals surface area contributed by atoms with Gasteiger partial charge in [0.15, 0.2) is 0 Å². The van der Waals surface area contributed by atoms with Gasteiger partial charge in [0.05, 0.1) is 12.1 Å². The predicted molar refractivity (Wildman–Crippen MR) is 101 cm³/mol. The van der Waals surface area contributed by atoms with Gasteiger partial charge in [0, 0.05) is 38.5 Å². The number of aryl methyl sites for hydroxylation is 1. The summed E-state index contributed by atoms with van der Waals surface area (Å²) in [5.41, 5.74) is 2.97. The molecule has 1 fully saturated rings. The van der Waals surface area contributed by atoms with Crippen molar-refractivity contribution in [2.75, 3.05) is 26.2 Å². The third-order valence-electron chi connectivity index (χ3n) is 4.50. The molecule has 2 aromatic rings. The van der Waals surface area contributed by atoms with Crippen LogP contribution in [0.1, 0.15) is 16.8 Å². The Labute approximate surface area is 154 Å². The first-order valence-electron chi connectivity index (χ1n) is 8.83. The molecule has 0 saturated carbocycles. The summed E-state index contributed by atoms with van der Waals surface area (Å²) in [5.74, 6) is 0.0752. The van der Waals surface area contributed by atoms with Crippen LogP contribution in [0.4, 0.5) is 0 Å². The Morgan fingerprint density at radius 3 is 2.35 bits per heavy atom. The molecule has 0 bridgehead atoms. The Morgan fingerprint density at radius 1 is 1.00 bits per heavy atom. The molecule has 5 nitrogen and oxygen atoms in total. The van der Waals surface area contributed by atoms with Crippen LogP contribution in [0.2, 0.25) is 0 Å². The summed E-state index contributed by atoms with van der Waals surface area (Å²) in [6.45, 7) is 4.31. The van der Waals surface area contributed by atoms with Crippen molar-refractivity contribution in [2.24, 2.45) is 0 Å². The van der Waals surface area contributed by atoms with Crippen molar-refractivity contribution in [1.29, 1.82) is 0 Å². The third-order valence-corrected chi connectivity index (χ3v) is 4.50. The number of hydrogen-bond donors (Lipinski definition) is 0. The number of carbonyl (C=O) groups excluding carboxylic acids is 2. The van der Waals surface area contributed by atoms with E-state index in [2.05, 4.69) is 4.98 Å². The van der Waals surface area contributed by atoms with Gasteiger partial charge in [-0.05, 0) is 30.7 Å². The number of aromatic nitrogens is 1. The molecule has 3 rings (SSSR count). The molecule has 2 amide bonds. The zero-order valence-corrected chi connectivity index (χ0v) is 15.0. The van der Waals surface area contributed by atoms with Crippen LogP contribution in [-0.2, 0) is 16.0 Å². The van der Waals surface area contributed by atoms with Gasteiger partial charge in [-0.2, -0.15) is 0 Å². The molecule has 0 aliphatic carbocycles. The summed E-state index contributed by atoms with van der Waals surface area (Å²) in [4.78, 5) is 32.5. The van der Waals surface area contributed by atoms with Crippen molar-refractivity contribution >= 4 is 17.9 Å². The fraction of sp³-hybridized carbons (Fsp3) is 0.286. The van der Waals surface area contributed by atoms with Crippen molar-refractivity contribution in [1.82, 2.24) is 14.8 Å². The van der Waals surface area contributed by atoms with Crippen molar-refractivity contribution in [3.63, 3.8) is 0 Å². The second-order valence-corrected chi connectivity index (χ2v) is 6.46. The molecule has 1 aliphatic heterocycles. The predicted octanol–water partition coefficient (Wildman–Crippen LogP) is 2.32. The van der Waals surface area contributed by atoms with E-state index < -0.39 is 0 Å². The lowest BCUT2D eigenvalue weighted by Crippen LogP contribution is -2.50. The fourth-order valence-corrected chi connectivity index (χ4v) is 2.91. The van der Waals surface area contributed by atoms with Crippen LogP contribution in [0.25, 0.3) is 6.08 Å². The Bertz CT molecular complexity index is 777. The highest BCUT2D eigenvalue weighted by molar-refractivity contribution is 5.91. The summed E-state index contributed by atoms with van der Waals surface area (Å²) in [7, 11) is 0. The smallest absolute Gasteiger partial charge is 0.246 e. The molecule has 0 radical (unpaired) electrons. The molecule has 1 aromatic carbocycles. The zero-order chi connectivity index (χ0) is 18.4. The Morgan fingerprint density at radius 2 is 1.69 bits per heavy atom. The third kappa shape index (κ3) is 4.79. The lowest BCUT2D eigenvalue weighted by Gasteiger charge is -2.34. The minimum absolute atomic E-state index is 0.0405. The van der Waals surface area contributed by atoms with E-state index in [0.29, 0.717) is 32.6 Å². The number of piperazine rings is 1. The van der Waals surface area contributed by atoms with Gasteiger partial charge in [0.2, 0.25) is 11.8 Å². The van der Waals surface area contributed by atoms with Crippen LogP contribution in [0.15, 0.2) is 54.7 Å². The summed E-state index contributed by atoms with van der Waals surface area (Å²) in [6.07, 6.45) is 5.37. The molecule has 0 atom stereocenters. The minimum Gasteiger partial charge on any atom is -0.339 e. The number of benzene rings is 1. The topological polar surface area (TPSA) is 53.5 Å². The standard InChI is InChI=1S/C21H23N3O2/c1-17-5-7-18(8-6-17)16-21(26)24-14-12-23(13-15-24)20(25)10-9-19-4-2-3-11-22-19/h2-11H,12-16H2,1H3/b10-9-. The molecule has 134 valence electrons. The maximum atomic E-state index is 12.4. The van der Waals surface area contributed by atoms with Crippen LogP contribution in [0, 0.1) is 6.92 Å². The fourth-order valence-electron chi connectivity index (χ4n) is 2.91. The highest BCUT2D eigenvalue weighted by Crippen LogP contribution is 2.09. The maximum absolute atomic E-state index is 12.4. The van der Waals surface area contributed by atoms with Crippen LogP contribution in [0.5, 0.6) is 0 Å². The van der Waals surface area contributed by atoms with Crippen LogP contribution in [-0.4, -0.2) is 52.8 Å². The van der Waals surface area contributed by atoms with Crippen molar-refractivity contribution in [3.8, 4) is 0 Å². The monoisotopic (exact) mass is 349 g/mol. The average molecular weight is 349 g/mol. The zero-order valence-electron chi connectivity index (χ0n) is 15.0. The number of hydrogen-bond acceptors (Lipinski definition) is 3. The molecule has 0 N–H and O–H groups in total. The summed E-state index contributed by atoms with van der Waals surface area (Å²) < 4.78 is 0. The Kier molecular flexibility index (Phi) is 5.79. The first-order valence-corrected chi connectivity index (χ1v) is 8.83. The maximum Gasteiger partial charge on any atom is 0.246 e. The van der Waals surface area contributed by atoms with Crippen LogP contribution in [0.3, 0.4) is 0 Å². The minimum atomic E-state index is -0.0405.